The lowest BCUT2D eigenvalue weighted by Gasteiger charge is -2.34. The summed E-state index contributed by atoms with van der Waals surface area (Å²) >= 11 is 0. The zero-order chi connectivity index (χ0) is 14.8. The summed E-state index contributed by atoms with van der Waals surface area (Å²) in [5, 5.41) is 14.0. The number of fused-ring (bicyclic) bond motifs is 1. The van der Waals surface area contributed by atoms with Crippen LogP contribution in [-0.4, -0.2) is 41.9 Å². The molecule has 21 heavy (non-hydrogen) atoms. The Balaban J connectivity index is 1.59. The summed E-state index contributed by atoms with van der Waals surface area (Å²) < 4.78 is 0. The van der Waals surface area contributed by atoms with Gasteiger partial charge in [-0.05, 0) is 36.9 Å². The first-order valence-corrected chi connectivity index (χ1v) is 7.35. The number of benzene rings is 1. The van der Waals surface area contributed by atoms with E-state index in [9.17, 15) is 14.9 Å². The molecule has 6 nitrogen and oxygen atoms in total. The third-order valence-electron chi connectivity index (χ3n) is 4.56. The summed E-state index contributed by atoms with van der Waals surface area (Å²) in [7, 11) is 0. The molecule has 1 aromatic carbocycles. The molecule has 2 fully saturated rings. The molecule has 6 heteroatoms. The number of nitrogens with zero attached hydrogens (tertiary/aromatic N) is 2. The highest BCUT2D eigenvalue weighted by Gasteiger charge is 2.34. The number of hydrogen-bond acceptors (Lipinski definition) is 4. The van der Waals surface area contributed by atoms with Crippen LogP contribution in [-0.2, 0) is 11.2 Å². The molecule has 0 saturated carbocycles. The molecular formula is C15H19N3O3. The van der Waals surface area contributed by atoms with Crippen molar-refractivity contribution in [2.75, 3.05) is 26.2 Å². The van der Waals surface area contributed by atoms with Gasteiger partial charge < -0.3 is 10.2 Å². The fourth-order valence-electron chi connectivity index (χ4n) is 3.28. The van der Waals surface area contributed by atoms with Crippen LogP contribution in [0, 0.1) is 22.0 Å². The molecule has 2 unspecified atom stereocenters. The Hall–Kier alpha value is -1.95. The topological polar surface area (TPSA) is 75.5 Å². The number of rotatable bonds is 3. The quantitative estimate of drug-likeness (QED) is 0.670. The van der Waals surface area contributed by atoms with E-state index in [0.717, 1.165) is 38.2 Å². The SMILES string of the molecule is O=C(Cc1ccc([N+](=O)[O-])cc1)N1CCC2CNCC2C1. The second-order valence-corrected chi connectivity index (χ2v) is 5.91. The molecule has 1 aromatic rings. The Morgan fingerprint density at radius 3 is 2.71 bits per heavy atom. The highest BCUT2D eigenvalue weighted by atomic mass is 16.6. The van der Waals surface area contributed by atoms with Gasteiger partial charge in [0.15, 0.2) is 0 Å². The lowest BCUT2D eigenvalue weighted by Crippen LogP contribution is -2.44. The number of nitro groups is 1. The zero-order valence-corrected chi connectivity index (χ0v) is 11.8. The van der Waals surface area contributed by atoms with Gasteiger partial charge in [0.2, 0.25) is 5.91 Å². The maximum absolute atomic E-state index is 12.3. The molecule has 0 aliphatic carbocycles. The fraction of sp³-hybridized carbons (Fsp3) is 0.533. The molecule has 2 heterocycles. The highest BCUT2D eigenvalue weighted by Crippen LogP contribution is 2.26. The van der Waals surface area contributed by atoms with Gasteiger partial charge in [-0.25, -0.2) is 0 Å². The lowest BCUT2D eigenvalue weighted by molar-refractivity contribution is -0.384. The molecule has 0 bridgehead atoms. The Bertz CT molecular complexity index is 544. The van der Waals surface area contributed by atoms with Gasteiger partial charge in [0, 0.05) is 25.2 Å². The van der Waals surface area contributed by atoms with Crippen LogP contribution < -0.4 is 5.32 Å². The number of hydrogen-bond donors (Lipinski definition) is 1. The standard InChI is InChI=1S/C15H19N3O3/c19-15(7-11-1-3-14(4-2-11)18(20)21)17-6-5-12-8-16-9-13(12)10-17/h1-4,12-13,16H,5-10H2. The van der Waals surface area contributed by atoms with Gasteiger partial charge in [0.25, 0.3) is 5.69 Å². The molecule has 1 N–H and O–H groups in total. The average Bonchev–Trinajstić information content (AvgIpc) is 2.95. The number of carbonyl (C=O) groups is 1. The molecule has 2 aliphatic heterocycles. The van der Waals surface area contributed by atoms with Crippen LogP contribution >= 0.6 is 0 Å². The van der Waals surface area contributed by atoms with E-state index in [1.54, 1.807) is 12.1 Å². The molecule has 2 atom stereocenters. The number of piperidine rings is 1. The maximum atomic E-state index is 12.3. The molecule has 2 aliphatic rings. The number of carbonyl (C=O) groups excluding carboxylic acids is 1. The van der Waals surface area contributed by atoms with Crippen LogP contribution in [0.3, 0.4) is 0 Å². The highest BCUT2D eigenvalue weighted by molar-refractivity contribution is 5.79. The van der Waals surface area contributed by atoms with Crippen molar-refractivity contribution >= 4 is 11.6 Å². The van der Waals surface area contributed by atoms with E-state index in [1.807, 2.05) is 4.90 Å². The normalized spacial score (nSPS) is 24.7. The number of nitrogens with one attached hydrogen (secondary N) is 1. The van der Waals surface area contributed by atoms with E-state index in [-0.39, 0.29) is 11.6 Å². The van der Waals surface area contributed by atoms with Crippen LogP contribution in [0.15, 0.2) is 24.3 Å². The van der Waals surface area contributed by atoms with Crippen LogP contribution in [0.1, 0.15) is 12.0 Å². The van der Waals surface area contributed by atoms with Crippen molar-refractivity contribution in [2.45, 2.75) is 12.8 Å². The Kier molecular flexibility index (Phi) is 3.88. The van der Waals surface area contributed by atoms with Crippen LogP contribution in [0.5, 0.6) is 0 Å². The minimum Gasteiger partial charge on any atom is -0.342 e. The monoisotopic (exact) mass is 289 g/mol. The van der Waals surface area contributed by atoms with E-state index in [0.29, 0.717) is 18.3 Å². The van der Waals surface area contributed by atoms with Gasteiger partial charge in [0.05, 0.1) is 11.3 Å². The third-order valence-corrected chi connectivity index (χ3v) is 4.56. The van der Waals surface area contributed by atoms with Crippen molar-refractivity contribution < 1.29 is 9.72 Å². The van der Waals surface area contributed by atoms with Crippen molar-refractivity contribution in [3.8, 4) is 0 Å². The Morgan fingerprint density at radius 1 is 1.29 bits per heavy atom. The van der Waals surface area contributed by atoms with E-state index >= 15 is 0 Å². The van der Waals surface area contributed by atoms with Crippen molar-refractivity contribution in [2.24, 2.45) is 11.8 Å². The zero-order valence-electron chi connectivity index (χ0n) is 11.8. The number of non-ortho nitro benzene ring substituents is 1. The first-order valence-electron chi connectivity index (χ1n) is 7.35. The van der Waals surface area contributed by atoms with Crippen LogP contribution in [0.4, 0.5) is 5.69 Å². The largest absolute Gasteiger partial charge is 0.342 e. The summed E-state index contributed by atoms with van der Waals surface area (Å²) in [5.41, 5.74) is 0.890. The second kappa shape index (κ2) is 5.81. The van der Waals surface area contributed by atoms with Gasteiger partial charge >= 0.3 is 0 Å². The summed E-state index contributed by atoms with van der Waals surface area (Å²) in [6, 6.07) is 6.24. The minimum absolute atomic E-state index is 0.0593. The van der Waals surface area contributed by atoms with Crippen molar-refractivity contribution in [1.82, 2.24) is 10.2 Å². The minimum atomic E-state index is -0.427. The summed E-state index contributed by atoms with van der Waals surface area (Å²) in [4.78, 5) is 24.5. The van der Waals surface area contributed by atoms with Gasteiger partial charge in [-0.2, -0.15) is 0 Å². The maximum Gasteiger partial charge on any atom is 0.269 e. The Labute approximate surface area is 123 Å². The average molecular weight is 289 g/mol. The smallest absolute Gasteiger partial charge is 0.269 e. The van der Waals surface area contributed by atoms with Gasteiger partial charge in [-0.15, -0.1) is 0 Å². The van der Waals surface area contributed by atoms with Crippen LogP contribution in [0.25, 0.3) is 0 Å². The van der Waals surface area contributed by atoms with E-state index in [4.69, 9.17) is 0 Å². The molecular weight excluding hydrogens is 270 g/mol. The van der Waals surface area contributed by atoms with Crippen molar-refractivity contribution in [3.05, 3.63) is 39.9 Å². The molecule has 0 aromatic heterocycles. The molecule has 1 amide bonds. The van der Waals surface area contributed by atoms with Gasteiger partial charge in [-0.3, -0.25) is 14.9 Å². The fourth-order valence-corrected chi connectivity index (χ4v) is 3.28. The molecule has 0 spiro atoms. The van der Waals surface area contributed by atoms with Crippen LogP contribution in [0.2, 0.25) is 0 Å². The van der Waals surface area contributed by atoms with Crippen molar-refractivity contribution in [1.29, 1.82) is 0 Å². The summed E-state index contributed by atoms with van der Waals surface area (Å²) in [5.74, 6) is 1.42. The predicted molar refractivity (Wildman–Crippen MR) is 77.8 cm³/mol. The third kappa shape index (κ3) is 3.05. The first kappa shape index (κ1) is 14.0. The molecule has 0 radical (unpaired) electrons. The number of amides is 1. The molecule has 112 valence electrons. The lowest BCUT2D eigenvalue weighted by atomic mass is 9.88. The number of nitro benzene ring substituents is 1. The van der Waals surface area contributed by atoms with E-state index in [1.165, 1.54) is 12.1 Å². The predicted octanol–water partition coefficient (Wildman–Crippen LogP) is 1.21. The second-order valence-electron chi connectivity index (χ2n) is 5.91. The van der Waals surface area contributed by atoms with E-state index in [2.05, 4.69) is 5.32 Å². The van der Waals surface area contributed by atoms with E-state index < -0.39 is 4.92 Å². The molecule has 3 rings (SSSR count). The number of likely N-dealkylation sites (tertiary alicyclic amines) is 1. The Morgan fingerprint density at radius 2 is 2.00 bits per heavy atom. The van der Waals surface area contributed by atoms with Gasteiger partial charge in [0.1, 0.15) is 0 Å². The molecule has 2 saturated heterocycles. The van der Waals surface area contributed by atoms with Crippen molar-refractivity contribution in [3.63, 3.8) is 0 Å². The van der Waals surface area contributed by atoms with Gasteiger partial charge in [-0.1, -0.05) is 12.1 Å². The summed E-state index contributed by atoms with van der Waals surface area (Å²) in [6.45, 7) is 3.75. The summed E-state index contributed by atoms with van der Waals surface area (Å²) in [6.07, 6.45) is 1.40. The first-order chi connectivity index (χ1) is 10.1.